The van der Waals surface area contributed by atoms with Crippen molar-refractivity contribution in [3.8, 4) is 0 Å². The largest absolute Gasteiger partial charge is 0.388 e. The molecule has 1 aliphatic rings. The zero-order valence-corrected chi connectivity index (χ0v) is 11.6. The minimum absolute atomic E-state index is 0.161. The number of hydrogen-bond donors (Lipinski definition) is 2. The molecule has 21 heavy (non-hydrogen) atoms. The van der Waals surface area contributed by atoms with Crippen molar-refractivity contribution in [1.82, 2.24) is 9.47 Å². The second-order valence-corrected chi connectivity index (χ2v) is 5.35. The van der Waals surface area contributed by atoms with E-state index in [1.54, 1.807) is 6.07 Å². The van der Waals surface area contributed by atoms with Crippen LogP contribution in [0.2, 0.25) is 0 Å². The molecule has 5 nitrogen and oxygen atoms in total. The molecule has 1 aromatic heterocycles. The topological polar surface area (TPSA) is 65.7 Å². The lowest BCUT2D eigenvalue weighted by atomic mass is 10.2. The van der Waals surface area contributed by atoms with E-state index in [9.17, 15) is 15.0 Å². The number of carbonyl (C=O) groups is 1. The van der Waals surface area contributed by atoms with Gasteiger partial charge < -0.3 is 19.7 Å². The Kier molecular flexibility index (Phi) is 3.77. The highest BCUT2D eigenvalue weighted by Crippen LogP contribution is 2.16. The Hall–Kier alpha value is -2.11. The predicted molar refractivity (Wildman–Crippen MR) is 77.9 cm³/mol. The van der Waals surface area contributed by atoms with E-state index in [0.29, 0.717) is 12.2 Å². The summed E-state index contributed by atoms with van der Waals surface area (Å²) in [6, 6.07) is 13.5. The Bertz CT molecular complexity index is 613. The van der Waals surface area contributed by atoms with Gasteiger partial charge >= 0.3 is 0 Å². The monoisotopic (exact) mass is 286 g/mol. The van der Waals surface area contributed by atoms with Crippen LogP contribution in [0.25, 0.3) is 0 Å². The maximum atomic E-state index is 12.5. The molecule has 1 amide bonds. The van der Waals surface area contributed by atoms with Gasteiger partial charge in [-0.05, 0) is 17.7 Å². The third-order valence-corrected chi connectivity index (χ3v) is 3.79. The fraction of sp³-hybridized carbons (Fsp3) is 0.312. The Labute approximate surface area is 123 Å². The summed E-state index contributed by atoms with van der Waals surface area (Å²) in [6.07, 6.45) is 0.154. The second-order valence-electron chi connectivity index (χ2n) is 5.35. The lowest BCUT2D eigenvalue weighted by Gasteiger charge is -2.17. The van der Waals surface area contributed by atoms with Crippen molar-refractivity contribution in [1.29, 1.82) is 0 Å². The van der Waals surface area contributed by atoms with Gasteiger partial charge in [0.2, 0.25) is 0 Å². The molecule has 1 aromatic carbocycles. The highest BCUT2D eigenvalue weighted by atomic mass is 16.3. The summed E-state index contributed by atoms with van der Waals surface area (Å²) >= 11 is 0. The van der Waals surface area contributed by atoms with E-state index < -0.39 is 12.2 Å². The first-order chi connectivity index (χ1) is 10.1. The van der Waals surface area contributed by atoms with Crippen molar-refractivity contribution in [2.75, 3.05) is 13.1 Å². The number of aromatic nitrogens is 1. The lowest BCUT2D eigenvalue weighted by Crippen LogP contribution is -2.31. The van der Waals surface area contributed by atoms with E-state index >= 15 is 0 Å². The molecule has 2 aromatic rings. The molecule has 0 saturated carbocycles. The predicted octanol–water partition coefficient (Wildman–Crippen LogP) is 0.714. The molecule has 1 aliphatic heterocycles. The first-order valence-corrected chi connectivity index (χ1v) is 6.99. The molecule has 2 unspecified atom stereocenters. The average Bonchev–Trinajstić information content (AvgIpc) is 3.07. The summed E-state index contributed by atoms with van der Waals surface area (Å²) < 4.78 is 1.88. The maximum absolute atomic E-state index is 12.5. The number of aliphatic hydroxyl groups is 2. The van der Waals surface area contributed by atoms with Gasteiger partial charge in [0.25, 0.3) is 5.91 Å². The number of likely N-dealkylation sites (tertiary alicyclic amines) is 1. The number of β-amino-alcohol motifs (C(OH)–C–C–N with tert-alkyl or cyclic N) is 2. The van der Waals surface area contributed by atoms with Gasteiger partial charge in [-0.2, -0.15) is 0 Å². The fourth-order valence-corrected chi connectivity index (χ4v) is 2.62. The zero-order chi connectivity index (χ0) is 14.8. The van der Waals surface area contributed by atoms with Crippen LogP contribution in [0, 0.1) is 0 Å². The molecule has 1 fully saturated rings. The minimum atomic E-state index is -0.855. The second kappa shape index (κ2) is 5.71. The Morgan fingerprint density at radius 3 is 2.38 bits per heavy atom. The number of carbonyl (C=O) groups excluding carboxylic acids is 1. The molecule has 0 bridgehead atoms. The zero-order valence-electron chi connectivity index (χ0n) is 11.6. The molecule has 3 rings (SSSR count). The summed E-state index contributed by atoms with van der Waals surface area (Å²) in [6.45, 7) is 0.973. The molecular weight excluding hydrogens is 268 g/mol. The molecular formula is C16H18N2O3. The van der Waals surface area contributed by atoms with Crippen LogP contribution in [0.5, 0.6) is 0 Å². The minimum Gasteiger partial charge on any atom is -0.388 e. The van der Waals surface area contributed by atoms with Crippen molar-refractivity contribution in [2.24, 2.45) is 0 Å². The van der Waals surface area contributed by atoms with Crippen molar-refractivity contribution in [2.45, 2.75) is 18.8 Å². The van der Waals surface area contributed by atoms with E-state index in [4.69, 9.17) is 0 Å². The van der Waals surface area contributed by atoms with Crippen molar-refractivity contribution in [3.63, 3.8) is 0 Å². The number of aliphatic hydroxyl groups excluding tert-OH is 2. The van der Waals surface area contributed by atoms with Crippen LogP contribution in [0.15, 0.2) is 48.7 Å². The van der Waals surface area contributed by atoms with E-state index in [-0.39, 0.29) is 19.0 Å². The Morgan fingerprint density at radius 2 is 1.71 bits per heavy atom. The molecule has 0 aliphatic carbocycles. The third-order valence-electron chi connectivity index (χ3n) is 3.79. The summed E-state index contributed by atoms with van der Waals surface area (Å²) in [5, 5.41) is 19.1. The van der Waals surface area contributed by atoms with Gasteiger partial charge in [0.05, 0.1) is 12.2 Å². The van der Waals surface area contributed by atoms with Crippen molar-refractivity contribution < 1.29 is 15.0 Å². The Balaban J connectivity index is 1.78. The standard InChI is InChI=1S/C16H18N2O3/c19-14-10-18(11-15(14)20)16(21)13-7-4-8-17(13)9-12-5-2-1-3-6-12/h1-8,14-15,19-20H,9-11H2. The summed E-state index contributed by atoms with van der Waals surface area (Å²) in [4.78, 5) is 14.0. The normalized spacial score (nSPS) is 21.7. The molecule has 2 N–H and O–H groups in total. The lowest BCUT2D eigenvalue weighted by molar-refractivity contribution is 0.0572. The van der Waals surface area contributed by atoms with Crippen molar-refractivity contribution >= 4 is 5.91 Å². The Morgan fingerprint density at radius 1 is 1.05 bits per heavy atom. The molecule has 2 heterocycles. The number of rotatable bonds is 3. The van der Waals surface area contributed by atoms with E-state index in [1.807, 2.05) is 47.2 Å². The summed E-state index contributed by atoms with van der Waals surface area (Å²) in [5.74, 6) is -0.161. The van der Waals surface area contributed by atoms with Crippen LogP contribution in [0.4, 0.5) is 0 Å². The number of hydrogen-bond acceptors (Lipinski definition) is 3. The molecule has 2 atom stereocenters. The first kappa shape index (κ1) is 13.9. The van der Waals surface area contributed by atoms with E-state index in [1.165, 1.54) is 4.90 Å². The number of nitrogens with zero attached hydrogens (tertiary/aromatic N) is 2. The third kappa shape index (κ3) is 2.84. The van der Waals surface area contributed by atoms with E-state index in [0.717, 1.165) is 5.56 Å². The van der Waals surface area contributed by atoms with Gasteiger partial charge in [0.15, 0.2) is 0 Å². The van der Waals surface area contributed by atoms with Crippen LogP contribution in [-0.4, -0.2) is 50.9 Å². The average molecular weight is 286 g/mol. The van der Waals surface area contributed by atoms with E-state index in [2.05, 4.69) is 0 Å². The molecule has 0 radical (unpaired) electrons. The molecule has 5 heteroatoms. The van der Waals surface area contributed by atoms with Crippen LogP contribution in [-0.2, 0) is 6.54 Å². The summed E-state index contributed by atoms with van der Waals surface area (Å²) in [7, 11) is 0. The van der Waals surface area contributed by atoms with Crippen LogP contribution in [0.3, 0.4) is 0 Å². The molecule has 0 spiro atoms. The van der Waals surface area contributed by atoms with Gasteiger partial charge in [-0.25, -0.2) is 0 Å². The smallest absolute Gasteiger partial charge is 0.270 e. The van der Waals surface area contributed by atoms with Gasteiger partial charge in [-0.3, -0.25) is 4.79 Å². The number of benzene rings is 1. The highest BCUT2D eigenvalue weighted by molar-refractivity contribution is 5.93. The van der Waals surface area contributed by atoms with Crippen LogP contribution >= 0.6 is 0 Å². The first-order valence-electron chi connectivity index (χ1n) is 6.99. The van der Waals surface area contributed by atoms with Gasteiger partial charge in [0.1, 0.15) is 5.69 Å². The van der Waals surface area contributed by atoms with Gasteiger partial charge in [0, 0.05) is 25.8 Å². The number of amides is 1. The molecule has 1 saturated heterocycles. The maximum Gasteiger partial charge on any atom is 0.270 e. The quantitative estimate of drug-likeness (QED) is 0.873. The van der Waals surface area contributed by atoms with Crippen molar-refractivity contribution in [3.05, 3.63) is 59.9 Å². The van der Waals surface area contributed by atoms with Gasteiger partial charge in [-0.1, -0.05) is 30.3 Å². The highest BCUT2D eigenvalue weighted by Gasteiger charge is 2.33. The fourth-order valence-electron chi connectivity index (χ4n) is 2.62. The van der Waals surface area contributed by atoms with Crippen LogP contribution in [0.1, 0.15) is 16.1 Å². The molecule has 110 valence electrons. The van der Waals surface area contributed by atoms with Crippen LogP contribution < -0.4 is 0 Å². The van der Waals surface area contributed by atoms with Gasteiger partial charge in [-0.15, -0.1) is 0 Å². The summed E-state index contributed by atoms with van der Waals surface area (Å²) in [5.41, 5.74) is 1.68. The SMILES string of the molecule is O=C(c1cccn1Cc1ccccc1)N1CC(O)C(O)C1.